The summed E-state index contributed by atoms with van der Waals surface area (Å²) in [4.78, 5) is 11.2. The molecule has 16 heavy (non-hydrogen) atoms. The lowest BCUT2D eigenvalue weighted by molar-refractivity contribution is -0.147. The van der Waals surface area contributed by atoms with Crippen LogP contribution in [-0.2, 0) is 9.53 Å². The summed E-state index contributed by atoms with van der Waals surface area (Å²) in [6, 6.07) is 0. The number of hydrogen-bond acceptors (Lipinski definition) is 6. The van der Waals surface area contributed by atoms with Crippen LogP contribution < -0.4 is 0 Å². The van der Waals surface area contributed by atoms with Crippen molar-refractivity contribution < 1.29 is 14.7 Å². The lowest BCUT2D eigenvalue weighted by Gasteiger charge is -2.38. The molecule has 0 aromatic carbocycles. The predicted molar refractivity (Wildman–Crippen MR) is 57.3 cm³/mol. The Balaban J connectivity index is 2.41. The van der Waals surface area contributed by atoms with Crippen LogP contribution in [0.4, 0.5) is 0 Å². The average molecular weight is 225 g/mol. The fourth-order valence-electron chi connectivity index (χ4n) is 2.21. The SMILES string of the molecule is CC(C)C1=NN=C2OC(=O)CCC21N(C)O. The highest BCUT2D eigenvalue weighted by atomic mass is 16.6. The molecular formula is C10H15N3O3. The van der Waals surface area contributed by atoms with Gasteiger partial charge in [-0.25, -0.2) is 0 Å². The Morgan fingerprint density at radius 2 is 2.19 bits per heavy atom. The van der Waals surface area contributed by atoms with Crippen LogP contribution in [0, 0.1) is 5.92 Å². The summed E-state index contributed by atoms with van der Waals surface area (Å²) < 4.78 is 5.05. The molecule has 1 fully saturated rings. The van der Waals surface area contributed by atoms with Gasteiger partial charge in [0.1, 0.15) is 0 Å². The molecule has 0 spiro atoms. The molecule has 1 unspecified atom stereocenters. The molecule has 2 aliphatic rings. The predicted octanol–water partition coefficient (Wildman–Crippen LogP) is 0.807. The Labute approximate surface area is 93.6 Å². The largest absolute Gasteiger partial charge is 0.407 e. The summed E-state index contributed by atoms with van der Waals surface area (Å²) in [6.07, 6.45) is 0.713. The van der Waals surface area contributed by atoms with Gasteiger partial charge in [0.2, 0.25) is 5.90 Å². The van der Waals surface area contributed by atoms with E-state index in [-0.39, 0.29) is 24.2 Å². The van der Waals surface area contributed by atoms with Crippen molar-refractivity contribution in [3.8, 4) is 0 Å². The summed E-state index contributed by atoms with van der Waals surface area (Å²) in [6.45, 7) is 3.94. The molecule has 0 radical (unpaired) electrons. The van der Waals surface area contributed by atoms with Gasteiger partial charge in [0.25, 0.3) is 0 Å². The molecule has 6 heteroatoms. The topological polar surface area (TPSA) is 74.5 Å². The van der Waals surface area contributed by atoms with E-state index in [9.17, 15) is 10.0 Å². The molecule has 2 heterocycles. The minimum Gasteiger partial charge on any atom is -0.407 e. The molecule has 0 aromatic heterocycles. The molecule has 1 N–H and O–H groups in total. The molecule has 0 bridgehead atoms. The second kappa shape index (κ2) is 3.64. The number of nitrogens with zero attached hydrogens (tertiary/aromatic N) is 3. The Morgan fingerprint density at radius 3 is 2.75 bits per heavy atom. The molecule has 1 saturated heterocycles. The Kier molecular flexibility index (Phi) is 2.55. The number of rotatable bonds is 2. The second-order valence-corrected chi connectivity index (χ2v) is 4.40. The monoisotopic (exact) mass is 225 g/mol. The average Bonchev–Trinajstić information content (AvgIpc) is 2.57. The minimum atomic E-state index is -0.845. The van der Waals surface area contributed by atoms with Crippen LogP contribution in [0.15, 0.2) is 10.2 Å². The number of hydrogen-bond donors (Lipinski definition) is 1. The van der Waals surface area contributed by atoms with E-state index in [1.807, 2.05) is 13.8 Å². The molecule has 2 rings (SSSR count). The van der Waals surface area contributed by atoms with Crippen LogP contribution in [0.2, 0.25) is 0 Å². The van der Waals surface area contributed by atoms with E-state index in [0.29, 0.717) is 6.42 Å². The molecule has 0 aromatic rings. The van der Waals surface area contributed by atoms with Gasteiger partial charge >= 0.3 is 5.97 Å². The van der Waals surface area contributed by atoms with Crippen molar-refractivity contribution in [1.29, 1.82) is 0 Å². The van der Waals surface area contributed by atoms with Crippen molar-refractivity contribution in [2.75, 3.05) is 7.05 Å². The van der Waals surface area contributed by atoms with Crippen LogP contribution in [0.5, 0.6) is 0 Å². The van der Waals surface area contributed by atoms with Crippen molar-refractivity contribution in [2.45, 2.75) is 32.2 Å². The van der Waals surface area contributed by atoms with Crippen LogP contribution in [0.25, 0.3) is 0 Å². The van der Waals surface area contributed by atoms with Gasteiger partial charge in [-0.05, 0) is 12.3 Å². The first kappa shape index (κ1) is 11.2. The highest BCUT2D eigenvalue weighted by Gasteiger charge is 2.53. The molecular weight excluding hydrogens is 210 g/mol. The third-order valence-electron chi connectivity index (χ3n) is 3.03. The van der Waals surface area contributed by atoms with E-state index in [1.54, 1.807) is 0 Å². The quantitative estimate of drug-likeness (QED) is 0.557. The van der Waals surface area contributed by atoms with E-state index in [1.165, 1.54) is 7.05 Å². The molecule has 2 aliphatic heterocycles. The highest BCUT2D eigenvalue weighted by Crippen LogP contribution is 2.34. The number of likely N-dealkylation sites (N-methyl/N-ethyl adjacent to an activating group) is 1. The van der Waals surface area contributed by atoms with Crippen LogP contribution in [0.3, 0.4) is 0 Å². The standard InChI is InChI=1S/C10H15N3O3/c1-6(2)8-10(13(3)15)5-4-7(14)16-9(10)12-11-8/h6,15H,4-5H2,1-3H3. The van der Waals surface area contributed by atoms with Crippen molar-refractivity contribution >= 4 is 17.6 Å². The summed E-state index contributed by atoms with van der Waals surface area (Å²) in [5.74, 6) is 0.00142. The van der Waals surface area contributed by atoms with Crippen molar-refractivity contribution in [1.82, 2.24) is 5.06 Å². The molecule has 6 nitrogen and oxygen atoms in total. The van der Waals surface area contributed by atoms with E-state index >= 15 is 0 Å². The zero-order valence-corrected chi connectivity index (χ0v) is 9.60. The van der Waals surface area contributed by atoms with Gasteiger partial charge in [-0.15, -0.1) is 5.10 Å². The summed E-state index contributed by atoms with van der Waals surface area (Å²) >= 11 is 0. The first-order valence-electron chi connectivity index (χ1n) is 5.28. The molecule has 1 atom stereocenters. The molecule has 88 valence electrons. The van der Waals surface area contributed by atoms with E-state index in [4.69, 9.17) is 4.74 Å². The fraction of sp³-hybridized carbons (Fsp3) is 0.700. The maximum absolute atomic E-state index is 11.2. The van der Waals surface area contributed by atoms with Crippen molar-refractivity contribution in [3.63, 3.8) is 0 Å². The Bertz CT molecular complexity index is 387. The number of carbonyl (C=O) groups is 1. The third-order valence-corrected chi connectivity index (χ3v) is 3.03. The first-order valence-corrected chi connectivity index (χ1v) is 5.28. The van der Waals surface area contributed by atoms with Crippen molar-refractivity contribution in [2.24, 2.45) is 16.1 Å². The Morgan fingerprint density at radius 1 is 1.50 bits per heavy atom. The zero-order valence-electron chi connectivity index (χ0n) is 9.60. The summed E-state index contributed by atoms with van der Waals surface area (Å²) in [7, 11) is 1.53. The summed E-state index contributed by atoms with van der Waals surface area (Å²) in [5.41, 5.74) is -0.109. The van der Waals surface area contributed by atoms with Gasteiger partial charge in [-0.1, -0.05) is 13.8 Å². The van der Waals surface area contributed by atoms with Crippen LogP contribution in [0.1, 0.15) is 26.7 Å². The fourth-order valence-corrected chi connectivity index (χ4v) is 2.21. The summed E-state index contributed by atoms with van der Waals surface area (Å²) in [5, 5.41) is 18.8. The van der Waals surface area contributed by atoms with Gasteiger partial charge in [0.05, 0.1) is 5.71 Å². The second-order valence-electron chi connectivity index (χ2n) is 4.40. The molecule has 0 aliphatic carbocycles. The van der Waals surface area contributed by atoms with E-state index < -0.39 is 5.54 Å². The normalized spacial score (nSPS) is 29.0. The highest BCUT2D eigenvalue weighted by molar-refractivity contribution is 6.19. The lowest BCUT2D eigenvalue weighted by Crippen LogP contribution is -2.60. The third kappa shape index (κ3) is 1.37. The molecule has 0 amide bonds. The Hall–Kier alpha value is -1.27. The molecule has 0 saturated carbocycles. The van der Waals surface area contributed by atoms with Crippen molar-refractivity contribution in [3.05, 3.63) is 0 Å². The maximum atomic E-state index is 11.2. The smallest absolute Gasteiger partial charge is 0.312 e. The maximum Gasteiger partial charge on any atom is 0.312 e. The van der Waals surface area contributed by atoms with Gasteiger partial charge in [-0.2, -0.15) is 10.2 Å². The van der Waals surface area contributed by atoms with Gasteiger partial charge in [0, 0.05) is 13.5 Å². The van der Waals surface area contributed by atoms with E-state index in [0.717, 1.165) is 10.8 Å². The number of carbonyl (C=O) groups excluding carboxylic acids is 1. The van der Waals surface area contributed by atoms with Gasteiger partial charge in [-0.3, -0.25) is 4.79 Å². The minimum absolute atomic E-state index is 0.132. The van der Waals surface area contributed by atoms with Crippen LogP contribution in [-0.4, -0.2) is 40.4 Å². The van der Waals surface area contributed by atoms with Gasteiger partial charge in [0.15, 0.2) is 5.54 Å². The number of fused-ring (bicyclic) bond motifs is 1. The number of ether oxygens (including phenoxy) is 1. The number of esters is 1. The zero-order chi connectivity index (χ0) is 11.9. The van der Waals surface area contributed by atoms with Gasteiger partial charge < -0.3 is 9.94 Å². The lowest BCUT2D eigenvalue weighted by atomic mass is 9.81. The number of hydroxylamine groups is 2. The van der Waals surface area contributed by atoms with Crippen LogP contribution >= 0.6 is 0 Å². The van der Waals surface area contributed by atoms with E-state index in [2.05, 4.69) is 10.2 Å². The first-order chi connectivity index (χ1) is 7.48.